The molecule has 29 heavy (non-hydrogen) atoms. The maximum Gasteiger partial charge on any atom is 0.312 e. The molecule has 0 unspecified atom stereocenters. The molecule has 1 aliphatic carbocycles. The molecule has 1 heterocycles. The van der Waals surface area contributed by atoms with E-state index in [0.29, 0.717) is 31.2 Å². The smallest absolute Gasteiger partial charge is 0.312 e. The van der Waals surface area contributed by atoms with Crippen LogP contribution in [0.15, 0.2) is 48.5 Å². The predicted molar refractivity (Wildman–Crippen MR) is 104 cm³/mol. The molecule has 2 aromatic rings. The molecule has 150 valence electrons. The van der Waals surface area contributed by atoms with Gasteiger partial charge in [0.2, 0.25) is 0 Å². The van der Waals surface area contributed by atoms with Crippen LogP contribution in [0.4, 0.5) is 4.39 Å². The average molecular weight is 395 g/mol. The van der Waals surface area contributed by atoms with Crippen molar-refractivity contribution in [2.75, 3.05) is 13.1 Å². The summed E-state index contributed by atoms with van der Waals surface area (Å²) in [6.45, 7) is 1.45. The van der Waals surface area contributed by atoms with Crippen LogP contribution >= 0.6 is 0 Å². The van der Waals surface area contributed by atoms with Crippen molar-refractivity contribution in [3.8, 4) is 0 Å². The van der Waals surface area contributed by atoms with Gasteiger partial charge in [0, 0.05) is 37.8 Å². The van der Waals surface area contributed by atoms with Gasteiger partial charge in [0.05, 0.1) is 0 Å². The van der Waals surface area contributed by atoms with E-state index in [0.717, 1.165) is 24.0 Å². The van der Waals surface area contributed by atoms with Crippen molar-refractivity contribution in [2.45, 2.75) is 32.0 Å². The fourth-order valence-corrected chi connectivity index (χ4v) is 3.31. The number of hydrogen-bond acceptors (Lipinski definition) is 3. The number of halogens is 1. The van der Waals surface area contributed by atoms with Gasteiger partial charge in [-0.1, -0.05) is 24.3 Å². The molecule has 2 aliphatic rings. The zero-order chi connectivity index (χ0) is 20.4. The average Bonchev–Trinajstić information content (AvgIpc) is 3.54. The second-order valence-corrected chi connectivity index (χ2v) is 7.52. The summed E-state index contributed by atoms with van der Waals surface area (Å²) in [5.41, 5.74) is 2.23. The number of carbonyl (C=O) groups excluding carboxylic acids is 3. The lowest BCUT2D eigenvalue weighted by molar-refractivity contribution is -0.156. The molecule has 3 amide bonds. The van der Waals surface area contributed by atoms with E-state index in [1.54, 1.807) is 24.3 Å². The summed E-state index contributed by atoms with van der Waals surface area (Å²) in [4.78, 5) is 40.0. The van der Waals surface area contributed by atoms with Gasteiger partial charge in [-0.3, -0.25) is 14.4 Å². The van der Waals surface area contributed by atoms with Crippen molar-refractivity contribution in [3.05, 3.63) is 71.0 Å². The fourth-order valence-electron chi connectivity index (χ4n) is 3.31. The topological polar surface area (TPSA) is 69.7 Å². The Morgan fingerprint density at radius 1 is 0.862 bits per heavy atom. The van der Waals surface area contributed by atoms with Crippen molar-refractivity contribution in [3.63, 3.8) is 0 Å². The van der Waals surface area contributed by atoms with Crippen LogP contribution in [0.3, 0.4) is 0 Å². The molecule has 0 bridgehead atoms. The van der Waals surface area contributed by atoms with E-state index in [1.165, 1.54) is 21.9 Å². The van der Waals surface area contributed by atoms with E-state index in [4.69, 9.17) is 0 Å². The van der Waals surface area contributed by atoms with Gasteiger partial charge in [-0.15, -0.1) is 0 Å². The molecular weight excluding hydrogens is 373 g/mol. The third-order valence-electron chi connectivity index (χ3n) is 5.19. The first-order valence-corrected chi connectivity index (χ1v) is 9.72. The summed E-state index contributed by atoms with van der Waals surface area (Å²) >= 11 is 0. The molecule has 2 aromatic carbocycles. The first-order chi connectivity index (χ1) is 14.0. The lowest BCUT2D eigenvalue weighted by Gasteiger charge is -2.33. The molecule has 0 radical (unpaired) electrons. The summed E-state index contributed by atoms with van der Waals surface area (Å²) in [5.74, 6) is -1.52. The Morgan fingerprint density at radius 3 is 1.83 bits per heavy atom. The largest absolute Gasteiger partial charge is 0.349 e. The molecule has 1 saturated carbocycles. The highest BCUT2D eigenvalue weighted by atomic mass is 19.1. The quantitative estimate of drug-likeness (QED) is 0.762. The van der Waals surface area contributed by atoms with Gasteiger partial charge in [-0.05, 0) is 48.2 Å². The monoisotopic (exact) mass is 395 g/mol. The number of hydrogen-bond donors (Lipinski definition) is 1. The molecule has 4 rings (SSSR count). The predicted octanol–water partition coefficient (Wildman–Crippen LogP) is 2.09. The van der Waals surface area contributed by atoms with Crippen LogP contribution in [0.5, 0.6) is 0 Å². The van der Waals surface area contributed by atoms with Crippen LogP contribution < -0.4 is 5.32 Å². The highest BCUT2D eigenvalue weighted by Crippen LogP contribution is 2.20. The first-order valence-electron chi connectivity index (χ1n) is 9.72. The molecule has 1 aliphatic heterocycles. The van der Waals surface area contributed by atoms with E-state index in [1.807, 2.05) is 12.1 Å². The maximum atomic E-state index is 13.0. The Hall–Kier alpha value is -3.22. The zero-order valence-corrected chi connectivity index (χ0v) is 15.9. The summed E-state index contributed by atoms with van der Waals surface area (Å²) < 4.78 is 13.0. The third kappa shape index (κ3) is 4.62. The lowest BCUT2D eigenvalue weighted by Crippen LogP contribution is -2.53. The van der Waals surface area contributed by atoms with E-state index in [2.05, 4.69) is 5.32 Å². The number of amides is 3. The Balaban J connectivity index is 1.34. The molecule has 0 aromatic heterocycles. The van der Waals surface area contributed by atoms with Crippen LogP contribution in [-0.2, 0) is 22.7 Å². The van der Waals surface area contributed by atoms with Crippen molar-refractivity contribution in [1.82, 2.24) is 15.1 Å². The van der Waals surface area contributed by atoms with E-state index < -0.39 is 11.8 Å². The molecule has 0 atom stereocenters. The first kappa shape index (κ1) is 19.1. The summed E-state index contributed by atoms with van der Waals surface area (Å²) in [6.07, 6.45) is 2.07. The maximum absolute atomic E-state index is 13.0. The standard InChI is InChI=1S/C22H22FN3O3/c23-18-7-3-16(4-8-18)14-26-12-11-25(21(28)22(26)29)13-15-1-5-17(6-2-15)20(27)24-19-9-10-19/h1-8,19H,9-14H2,(H,24,27). The molecular formula is C22H22FN3O3. The molecule has 1 N–H and O–H groups in total. The minimum absolute atomic E-state index is 0.0836. The van der Waals surface area contributed by atoms with E-state index in [-0.39, 0.29) is 18.3 Å². The van der Waals surface area contributed by atoms with Gasteiger partial charge in [-0.2, -0.15) is 0 Å². The zero-order valence-electron chi connectivity index (χ0n) is 15.9. The van der Waals surface area contributed by atoms with Gasteiger partial charge < -0.3 is 15.1 Å². The number of nitrogens with zero attached hydrogens (tertiary/aromatic N) is 2. The number of rotatable bonds is 6. The van der Waals surface area contributed by atoms with Crippen molar-refractivity contribution < 1.29 is 18.8 Å². The van der Waals surface area contributed by atoms with Gasteiger partial charge >= 0.3 is 11.8 Å². The van der Waals surface area contributed by atoms with Gasteiger partial charge in [0.1, 0.15) is 5.82 Å². The second kappa shape index (κ2) is 8.03. The lowest BCUT2D eigenvalue weighted by atomic mass is 10.1. The Labute approximate surface area is 168 Å². The SMILES string of the molecule is O=C(NC1CC1)c1ccc(CN2CCN(Cc3ccc(F)cc3)C(=O)C2=O)cc1. The van der Waals surface area contributed by atoms with Crippen molar-refractivity contribution in [1.29, 1.82) is 0 Å². The van der Waals surface area contributed by atoms with Crippen LogP contribution in [0.25, 0.3) is 0 Å². The Morgan fingerprint density at radius 2 is 1.34 bits per heavy atom. The van der Waals surface area contributed by atoms with Crippen LogP contribution in [-0.4, -0.2) is 46.7 Å². The van der Waals surface area contributed by atoms with Crippen LogP contribution in [0.2, 0.25) is 0 Å². The Kier molecular flexibility index (Phi) is 5.29. The number of benzene rings is 2. The second-order valence-electron chi connectivity index (χ2n) is 7.52. The fraction of sp³-hybridized carbons (Fsp3) is 0.318. The summed E-state index contributed by atoms with van der Waals surface area (Å²) in [6, 6.07) is 13.3. The van der Waals surface area contributed by atoms with Gasteiger partial charge in [0.15, 0.2) is 0 Å². The number of piperazine rings is 1. The van der Waals surface area contributed by atoms with Crippen LogP contribution in [0, 0.1) is 5.82 Å². The molecule has 2 fully saturated rings. The molecule has 0 spiro atoms. The van der Waals surface area contributed by atoms with E-state index >= 15 is 0 Å². The molecule has 1 saturated heterocycles. The number of carbonyl (C=O) groups is 3. The normalized spacial score (nSPS) is 16.9. The number of nitrogens with one attached hydrogen (secondary N) is 1. The summed E-state index contributed by atoms with van der Waals surface area (Å²) in [7, 11) is 0. The Bertz CT molecular complexity index is 923. The summed E-state index contributed by atoms with van der Waals surface area (Å²) in [5, 5.41) is 2.94. The van der Waals surface area contributed by atoms with Crippen molar-refractivity contribution in [2.24, 2.45) is 0 Å². The minimum Gasteiger partial charge on any atom is -0.349 e. The molecule has 7 heteroatoms. The highest BCUT2D eigenvalue weighted by Gasteiger charge is 2.32. The van der Waals surface area contributed by atoms with Gasteiger partial charge in [-0.25, -0.2) is 4.39 Å². The molecule has 6 nitrogen and oxygen atoms in total. The minimum atomic E-state index is -0.555. The van der Waals surface area contributed by atoms with E-state index in [9.17, 15) is 18.8 Å². The third-order valence-corrected chi connectivity index (χ3v) is 5.19. The highest BCUT2D eigenvalue weighted by molar-refractivity contribution is 6.35. The van der Waals surface area contributed by atoms with Crippen molar-refractivity contribution >= 4 is 17.7 Å². The van der Waals surface area contributed by atoms with Crippen LogP contribution in [0.1, 0.15) is 34.3 Å². The van der Waals surface area contributed by atoms with Gasteiger partial charge in [0.25, 0.3) is 5.91 Å².